The molecule has 0 bridgehead atoms. The zero-order valence-electron chi connectivity index (χ0n) is 8.78. The van der Waals surface area contributed by atoms with Crippen molar-refractivity contribution in [1.82, 2.24) is 10.3 Å². The van der Waals surface area contributed by atoms with E-state index in [1.54, 1.807) is 6.20 Å². The van der Waals surface area contributed by atoms with Gasteiger partial charge in [-0.15, -0.1) is 0 Å². The Morgan fingerprint density at radius 2 is 2.47 bits per heavy atom. The van der Waals surface area contributed by atoms with Crippen molar-refractivity contribution in [3.63, 3.8) is 0 Å². The van der Waals surface area contributed by atoms with Crippen LogP contribution in [0.15, 0.2) is 24.4 Å². The fourth-order valence-corrected chi connectivity index (χ4v) is 1.98. The maximum absolute atomic E-state index is 11.7. The molecule has 3 nitrogen and oxygen atoms in total. The molecule has 1 N–H and O–H groups in total. The quantitative estimate of drug-likeness (QED) is 0.804. The van der Waals surface area contributed by atoms with Gasteiger partial charge >= 0.3 is 0 Å². The number of Topliss-reactive ketones (excluding diaryl/α,β-unsaturated/α-hetero) is 1. The Bertz CT molecular complexity index is 318. The highest BCUT2D eigenvalue weighted by Gasteiger charge is 2.17. The first kappa shape index (κ1) is 10.3. The Labute approximate surface area is 89.9 Å². The molecule has 1 aromatic heterocycles. The SMILES string of the molecule is O=C(Cc1ccccn1)CC1CCCN1. The van der Waals surface area contributed by atoms with Crippen molar-refractivity contribution in [2.45, 2.75) is 31.7 Å². The van der Waals surface area contributed by atoms with Crippen LogP contribution in [-0.4, -0.2) is 23.4 Å². The summed E-state index contributed by atoms with van der Waals surface area (Å²) in [5.41, 5.74) is 0.875. The van der Waals surface area contributed by atoms with E-state index >= 15 is 0 Å². The van der Waals surface area contributed by atoms with Crippen LogP contribution in [-0.2, 0) is 11.2 Å². The third-order valence-corrected chi connectivity index (χ3v) is 2.74. The molecule has 0 amide bonds. The number of carbonyl (C=O) groups is 1. The van der Waals surface area contributed by atoms with E-state index in [0.29, 0.717) is 18.9 Å². The molecule has 1 aliphatic rings. The van der Waals surface area contributed by atoms with E-state index in [0.717, 1.165) is 18.7 Å². The summed E-state index contributed by atoms with van der Waals surface area (Å²) in [6.07, 6.45) is 5.18. The normalized spacial score (nSPS) is 20.4. The molecule has 80 valence electrons. The van der Waals surface area contributed by atoms with Crippen LogP contribution in [0.1, 0.15) is 25.0 Å². The second kappa shape index (κ2) is 5.03. The third-order valence-electron chi connectivity index (χ3n) is 2.74. The van der Waals surface area contributed by atoms with Crippen LogP contribution in [0.5, 0.6) is 0 Å². The standard InChI is InChI=1S/C12H16N2O/c15-12(9-11-5-3-7-14-11)8-10-4-1-2-6-13-10/h1-2,4,6,11,14H,3,5,7-9H2. The monoisotopic (exact) mass is 204 g/mol. The van der Waals surface area contributed by atoms with Gasteiger partial charge in [0.2, 0.25) is 0 Å². The number of carbonyl (C=O) groups excluding carboxylic acids is 1. The second-order valence-corrected chi connectivity index (χ2v) is 4.03. The van der Waals surface area contributed by atoms with Crippen molar-refractivity contribution in [2.24, 2.45) is 0 Å². The first-order chi connectivity index (χ1) is 7.34. The lowest BCUT2D eigenvalue weighted by Gasteiger charge is -2.08. The first-order valence-electron chi connectivity index (χ1n) is 5.49. The number of hydrogen-bond acceptors (Lipinski definition) is 3. The molecule has 0 saturated carbocycles. The molecular weight excluding hydrogens is 188 g/mol. The van der Waals surface area contributed by atoms with Gasteiger partial charge in [-0.05, 0) is 31.5 Å². The van der Waals surface area contributed by atoms with Crippen LogP contribution in [0.3, 0.4) is 0 Å². The van der Waals surface area contributed by atoms with Crippen molar-refractivity contribution in [3.05, 3.63) is 30.1 Å². The highest BCUT2D eigenvalue weighted by molar-refractivity contribution is 5.81. The predicted octanol–water partition coefficient (Wildman–Crippen LogP) is 1.34. The summed E-state index contributed by atoms with van der Waals surface area (Å²) in [5, 5.41) is 3.33. The van der Waals surface area contributed by atoms with Gasteiger partial charge in [0.1, 0.15) is 5.78 Å². The average Bonchev–Trinajstić information content (AvgIpc) is 2.71. The lowest BCUT2D eigenvalue weighted by molar-refractivity contribution is -0.118. The van der Waals surface area contributed by atoms with E-state index in [1.807, 2.05) is 18.2 Å². The Kier molecular flexibility index (Phi) is 3.45. The molecule has 1 fully saturated rings. The zero-order valence-corrected chi connectivity index (χ0v) is 8.78. The molecule has 0 radical (unpaired) electrons. The Hall–Kier alpha value is -1.22. The molecule has 1 saturated heterocycles. The molecule has 2 heterocycles. The maximum atomic E-state index is 11.7. The maximum Gasteiger partial charge on any atom is 0.140 e. The van der Waals surface area contributed by atoms with Crippen molar-refractivity contribution in [3.8, 4) is 0 Å². The summed E-state index contributed by atoms with van der Waals surface area (Å²) in [6, 6.07) is 6.09. The van der Waals surface area contributed by atoms with Gasteiger partial charge in [-0.3, -0.25) is 9.78 Å². The third kappa shape index (κ3) is 3.13. The first-order valence-corrected chi connectivity index (χ1v) is 5.49. The minimum atomic E-state index is 0.285. The van der Waals surface area contributed by atoms with E-state index in [2.05, 4.69) is 10.3 Å². The van der Waals surface area contributed by atoms with Crippen molar-refractivity contribution in [1.29, 1.82) is 0 Å². The Balaban J connectivity index is 1.82. The van der Waals surface area contributed by atoms with Gasteiger partial charge in [0, 0.05) is 30.8 Å². The molecule has 1 aromatic rings. The summed E-state index contributed by atoms with van der Waals surface area (Å²) in [5.74, 6) is 0.285. The smallest absolute Gasteiger partial charge is 0.140 e. The lowest BCUT2D eigenvalue weighted by atomic mass is 10.1. The minimum absolute atomic E-state index is 0.285. The highest BCUT2D eigenvalue weighted by Crippen LogP contribution is 2.10. The lowest BCUT2D eigenvalue weighted by Crippen LogP contribution is -2.25. The number of pyridine rings is 1. The number of ketones is 1. The number of nitrogens with zero attached hydrogens (tertiary/aromatic N) is 1. The second-order valence-electron chi connectivity index (χ2n) is 4.03. The molecule has 2 rings (SSSR count). The molecule has 1 aliphatic heterocycles. The van der Waals surface area contributed by atoms with E-state index in [-0.39, 0.29) is 5.78 Å². The van der Waals surface area contributed by atoms with Gasteiger partial charge in [-0.2, -0.15) is 0 Å². The fourth-order valence-electron chi connectivity index (χ4n) is 1.98. The van der Waals surface area contributed by atoms with E-state index in [4.69, 9.17) is 0 Å². The summed E-state index contributed by atoms with van der Waals surface area (Å²) in [6.45, 7) is 1.06. The Morgan fingerprint density at radius 1 is 1.53 bits per heavy atom. The highest BCUT2D eigenvalue weighted by atomic mass is 16.1. The van der Waals surface area contributed by atoms with Crippen LogP contribution < -0.4 is 5.32 Å². The largest absolute Gasteiger partial charge is 0.314 e. The van der Waals surface area contributed by atoms with E-state index in [9.17, 15) is 4.79 Å². The van der Waals surface area contributed by atoms with Crippen molar-refractivity contribution < 1.29 is 4.79 Å². The van der Waals surface area contributed by atoms with Gasteiger partial charge < -0.3 is 5.32 Å². The number of nitrogens with one attached hydrogen (secondary N) is 1. The van der Waals surface area contributed by atoms with Gasteiger partial charge in [0.15, 0.2) is 0 Å². The molecular formula is C12H16N2O. The number of rotatable bonds is 4. The topological polar surface area (TPSA) is 42.0 Å². The average molecular weight is 204 g/mol. The van der Waals surface area contributed by atoms with Crippen molar-refractivity contribution >= 4 is 5.78 Å². The van der Waals surface area contributed by atoms with Crippen LogP contribution >= 0.6 is 0 Å². The van der Waals surface area contributed by atoms with Gasteiger partial charge in [-0.25, -0.2) is 0 Å². The van der Waals surface area contributed by atoms with Crippen LogP contribution in [0.25, 0.3) is 0 Å². The zero-order chi connectivity index (χ0) is 10.5. The number of hydrogen-bond donors (Lipinski definition) is 1. The van der Waals surface area contributed by atoms with Gasteiger partial charge in [0.05, 0.1) is 0 Å². The fraction of sp³-hybridized carbons (Fsp3) is 0.500. The summed E-state index contributed by atoms with van der Waals surface area (Å²) in [4.78, 5) is 15.8. The van der Waals surface area contributed by atoms with Gasteiger partial charge in [0.25, 0.3) is 0 Å². The van der Waals surface area contributed by atoms with Crippen molar-refractivity contribution in [2.75, 3.05) is 6.54 Å². The summed E-state index contributed by atoms with van der Waals surface area (Å²) in [7, 11) is 0. The summed E-state index contributed by atoms with van der Waals surface area (Å²) >= 11 is 0. The Morgan fingerprint density at radius 3 is 3.13 bits per heavy atom. The molecule has 3 heteroatoms. The van der Waals surface area contributed by atoms with Gasteiger partial charge in [-0.1, -0.05) is 6.07 Å². The van der Waals surface area contributed by atoms with Crippen LogP contribution in [0.4, 0.5) is 0 Å². The van der Waals surface area contributed by atoms with E-state index in [1.165, 1.54) is 6.42 Å². The molecule has 1 unspecified atom stereocenters. The summed E-state index contributed by atoms with van der Waals surface area (Å²) < 4.78 is 0. The molecule has 1 atom stereocenters. The minimum Gasteiger partial charge on any atom is -0.314 e. The van der Waals surface area contributed by atoms with E-state index < -0.39 is 0 Å². The molecule has 0 spiro atoms. The molecule has 0 aromatic carbocycles. The molecule has 15 heavy (non-hydrogen) atoms. The number of aromatic nitrogens is 1. The molecule has 0 aliphatic carbocycles. The van der Waals surface area contributed by atoms with Crippen LogP contribution in [0.2, 0.25) is 0 Å². The van der Waals surface area contributed by atoms with Crippen LogP contribution in [0, 0.1) is 0 Å². The predicted molar refractivity (Wildman–Crippen MR) is 58.6 cm³/mol.